The summed E-state index contributed by atoms with van der Waals surface area (Å²) in [5.41, 5.74) is 7.70. The number of hydrogen-bond acceptors (Lipinski definition) is 4. The van der Waals surface area contributed by atoms with Crippen molar-refractivity contribution >= 4 is 29.5 Å². The number of aryl methyl sites for hydroxylation is 1. The van der Waals surface area contributed by atoms with E-state index in [0.717, 1.165) is 44.1 Å². The van der Waals surface area contributed by atoms with Crippen LogP contribution in [0, 0.1) is 0 Å². The van der Waals surface area contributed by atoms with E-state index in [0.29, 0.717) is 11.4 Å². The molecule has 0 radical (unpaired) electrons. The average molecular weight is 439 g/mol. The lowest BCUT2D eigenvalue weighted by Gasteiger charge is -2.15. The van der Waals surface area contributed by atoms with Crippen LogP contribution in [0.4, 0.5) is 0 Å². The number of hydrogen-bond donors (Lipinski definition) is 2. The number of aromatic nitrogens is 5. The van der Waals surface area contributed by atoms with Crippen LogP contribution in [0.15, 0.2) is 79.6 Å². The van der Waals surface area contributed by atoms with Gasteiger partial charge < -0.3 is 5.32 Å². The van der Waals surface area contributed by atoms with Gasteiger partial charge in [0.15, 0.2) is 0 Å². The summed E-state index contributed by atoms with van der Waals surface area (Å²) in [5.74, 6) is 0. The van der Waals surface area contributed by atoms with Crippen LogP contribution in [0.3, 0.4) is 0 Å². The summed E-state index contributed by atoms with van der Waals surface area (Å²) in [5, 5.41) is 16.7. The van der Waals surface area contributed by atoms with Gasteiger partial charge in [-0.05, 0) is 61.3 Å². The summed E-state index contributed by atoms with van der Waals surface area (Å²) in [6.45, 7) is 18.4. The number of nitrogens with zero attached hydrogens (tertiary/aromatic N) is 4. The summed E-state index contributed by atoms with van der Waals surface area (Å²) in [6, 6.07) is 3.96. The van der Waals surface area contributed by atoms with Crippen LogP contribution in [-0.4, -0.2) is 25.0 Å². The van der Waals surface area contributed by atoms with Gasteiger partial charge in [0, 0.05) is 42.1 Å². The number of nitrogens with one attached hydrogen (secondary N) is 2. The molecule has 2 N–H and O–H groups in total. The molecule has 0 aromatic carbocycles. The van der Waals surface area contributed by atoms with Crippen molar-refractivity contribution in [2.24, 2.45) is 7.05 Å². The van der Waals surface area contributed by atoms with Gasteiger partial charge in [0.1, 0.15) is 5.69 Å². The summed E-state index contributed by atoms with van der Waals surface area (Å²) in [7, 11) is 1.90. The summed E-state index contributed by atoms with van der Waals surface area (Å²) in [6.07, 6.45) is 15.1. The highest BCUT2D eigenvalue weighted by molar-refractivity contribution is 5.80. The highest BCUT2D eigenvalue weighted by atomic mass is 15.2. The van der Waals surface area contributed by atoms with E-state index in [1.165, 1.54) is 0 Å². The maximum atomic E-state index is 4.43. The maximum Gasteiger partial charge on any atom is 0.115 e. The van der Waals surface area contributed by atoms with Gasteiger partial charge in [-0.2, -0.15) is 10.2 Å². The van der Waals surface area contributed by atoms with Crippen LogP contribution >= 0.6 is 0 Å². The van der Waals surface area contributed by atoms with Crippen LogP contribution in [0.1, 0.15) is 37.6 Å². The Morgan fingerprint density at radius 1 is 1.12 bits per heavy atom. The van der Waals surface area contributed by atoms with Crippen molar-refractivity contribution in [2.45, 2.75) is 20.8 Å². The zero-order chi connectivity index (χ0) is 24.0. The van der Waals surface area contributed by atoms with Gasteiger partial charge in [-0.25, -0.2) is 0 Å². The van der Waals surface area contributed by atoms with E-state index in [1.54, 1.807) is 23.2 Å². The minimum Gasteiger partial charge on any atom is -0.358 e. The second kappa shape index (κ2) is 10.4. The molecule has 3 heterocycles. The Bertz CT molecular complexity index is 1360. The molecule has 0 aliphatic rings. The van der Waals surface area contributed by atoms with Gasteiger partial charge in [0.25, 0.3) is 0 Å². The minimum atomic E-state index is 0.674. The Kier molecular flexibility index (Phi) is 7.41. The van der Waals surface area contributed by atoms with Gasteiger partial charge in [-0.3, -0.25) is 14.8 Å². The lowest BCUT2D eigenvalue weighted by atomic mass is 9.98. The zero-order valence-corrected chi connectivity index (χ0v) is 19.7. The quantitative estimate of drug-likeness (QED) is 0.523. The van der Waals surface area contributed by atoms with E-state index >= 15 is 0 Å². The first kappa shape index (κ1) is 23.5. The van der Waals surface area contributed by atoms with E-state index in [-0.39, 0.29) is 0 Å². The van der Waals surface area contributed by atoms with Crippen molar-refractivity contribution < 1.29 is 0 Å². The fraction of sp³-hybridized carbons (Fsp3) is 0.148. The second-order valence-electron chi connectivity index (χ2n) is 7.79. The van der Waals surface area contributed by atoms with Crippen molar-refractivity contribution in [2.75, 3.05) is 0 Å². The number of rotatable bonds is 8. The lowest BCUT2D eigenvalue weighted by molar-refractivity contribution is 0.767. The lowest BCUT2D eigenvalue weighted by Crippen LogP contribution is -2.25. The molecule has 0 fully saturated rings. The molecule has 0 aliphatic carbocycles. The van der Waals surface area contributed by atoms with E-state index in [1.807, 2.05) is 63.6 Å². The average Bonchev–Trinajstić information content (AvgIpc) is 3.41. The maximum absolute atomic E-state index is 4.43. The van der Waals surface area contributed by atoms with E-state index in [4.69, 9.17) is 0 Å². The third-order valence-corrected chi connectivity index (χ3v) is 5.43. The Balaban J connectivity index is 1.85. The summed E-state index contributed by atoms with van der Waals surface area (Å²) in [4.78, 5) is 4.11. The fourth-order valence-corrected chi connectivity index (χ4v) is 3.36. The third kappa shape index (κ3) is 5.54. The monoisotopic (exact) mass is 438 g/mol. The minimum absolute atomic E-state index is 0.674. The Morgan fingerprint density at radius 2 is 1.85 bits per heavy atom. The highest BCUT2D eigenvalue weighted by Gasteiger charge is 2.10. The normalized spacial score (nSPS) is 13.6. The number of H-pyrrole nitrogens is 1. The number of pyridine rings is 1. The van der Waals surface area contributed by atoms with E-state index in [2.05, 4.69) is 52.3 Å². The predicted octanol–water partition coefficient (Wildman–Crippen LogP) is 3.96. The molecule has 0 bridgehead atoms. The fourth-order valence-electron chi connectivity index (χ4n) is 3.36. The van der Waals surface area contributed by atoms with Crippen LogP contribution in [0.5, 0.6) is 0 Å². The Labute approximate surface area is 194 Å². The zero-order valence-electron chi connectivity index (χ0n) is 19.7. The molecule has 3 aromatic heterocycles. The smallest absolute Gasteiger partial charge is 0.115 e. The summed E-state index contributed by atoms with van der Waals surface area (Å²) < 4.78 is 1.78. The molecule has 3 rings (SSSR count). The standard InChI is InChI=1S/C27H30N6/c1-8-9-25(23-12-14-28-15-13-23)19(3)21(5)30-22(6)27-20(4)26(31-32-27)11-10-18(2)24-16-29-33(7)17-24/h8-17,30-31H,1,4,6H2,2-3,5,7H3/b18-10+,21-19+,25-9+,26-11+. The van der Waals surface area contributed by atoms with Gasteiger partial charge in [0.2, 0.25) is 0 Å². The van der Waals surface area contributed by atoms with Gasteiger partial charge in [-0.15, -0.1) is 0 Å². The van der Waals surface area contributed by atoms with Gasteiger partial charge in [-0.1, -0.05) is 38.0 Å². The molecule has 0 aliphatic heterocycles. The Morgan fingerprint density at radius 3 is 2.48 bits per heavy atom. The van der Waals surface area contributed by atoms with Crippen LogP contribution < -0.4 is 15.9 Å². The van der Waals surface area contributed by atoms with Crippen LogP contribution in [0.25, 0.3) is 29.5 Å². The van der Waals surface area contributed by atoms with Crippen molar-refractivity contribution in [3.05, 3.63) is 107 Å². The first-order valence-electron chi connectivity index (χ1n) is 10.6. The SMILES string of the molecule is C=C/C=C(\C(C)=C(/C)NC(=C)c1n[nH]/c(=C/C=C(\C)c2cnn(C)c2)c1=C)c1ccncc1. The molecule has 6 heteroatoms. The molecule has 168 valence electrons. The van der Waals surface area contributed by atoms with Crippen LogP contribution in [-0.2, 0) is 7.05 Å². The molecule has 6 nitrogen and oxygen atoms in total. The second-order valence-corrected chi connectivity index (χ2v) is 7.79. The molecule has 3 aromatic rings. The molecule has 0 atom stereocenters. The highest BCUT2D eigenvalue weighted by Crippen LogP contribution is 2.25. The van der Waals surface area contributed by atoms with E-state index < -0.39 is 0 Å². The third-order valence-electron chi connectivity index (χ3n) is 5.43. The largest absolute Gasteiger partial charge is 0.358 e. The van der Waals surface area contributed by atoms with Gasteiger partial charge in [0.05, 0.1) is 17.2 Å². The number of aromatic amines is 1. The first-order valence-corrected chi connectivity index (χ1v) is 10.6. The molecular formula is C27H30N6. The van der Waals surface area contributed by atoms with Crippen molar-refractivity contribution in [3.63, 3.8) is 0 Å². The molecular weight excluding hydrogens is 408 g/mol. The van der Waals surface area contributed by atoms with Crippen molar-refractivity contribution in [1.29, 1.82) is 0 Å². The summed E-state index contributed by atoms with van der Waals surface area (Å²) >= 11 is 0. The molecule has 0 amide bonds. The molecule has 0 spiro atoms. The van der Waals surface area contributed by atoms with Crippen LogP contribution in [0.2, 0.25) is 0 Å². The predicted molar refractivity (Wildman–Crippen MR) is 138 cm³/mol. The van der Waals surface area contributed by atoms with Crippen molar-refractivity contribution in [1.82, 2.24) is 30.3 Å². The Hall–Kier alpha value is -4.19. The number of allylic oxidation sites excluding steroid dienone is 7. The van der Waals surface area contributed by atoms with Gasteiger partial charge >= 0.3 is 0 Å². The topological polar surface area (TPSA) is 71.4 Å². The first-order chi connectivity index (χ1) is 15.8. The molecule has 33 heavy (non-hydrogen) atoms. The molecule has 0 saturated heterocycles. The molecule has 0 unspecified atom stereocenters. The molecule has 0 saturated carbocycles. The van der Waals surface area contributed by atoms with Crippen molar-refractivity contribution in [3.8, 4) is 0 Å². The van der Waals surface area contributed by atoms with E-state index in [9.17, 15) is 0 Å².